The zero-order valence-corrected chi connectivity index (χ0v) is 11.6. The van der Waals surface area contributed by atoms with Crippen LogP contribution in [0, 0.1) is 11.6 Å². The Kier molecular flexibility index (Phi) is 3.36. The summed E-state index contributed by atoms with van der Waals surface area (Å²) in [4.78, 5) is 4.26. The summed E-state index contributed by atoms with van der Waals surface area (Å²) in [5, 5.41) is 0.0386. The molecule has 0 aliphatic heterocycles. The molecule has 2 aromatic carbocycles. The van der Waals surface area contributed by atoms with Crippen LogP contribution in [-0.4, -0.2) is 9.55 Å². The van der Waals surface area contributed by atoms with Crippen LogP contribution >= 0.6 is 23.2 Å². The van der Waals surface area contributed by atoms with Crippen LogP contribution in [0.4, 0.5) is 8.78 Å². The molecule has 0 N–H and O–H groups in total. The predicted molar refractivity (Wildman–Crippen MR) is 75.6 cm³/mol. The first-order chi connectivity index (χ1) is 9.60. The fourth-order valence-electron chi connectivity index (χ4n) is 2.11. The van der Waals surface area contributed by atoms with Gasteiger partial charge in [0.25, 0.3) is 0 Å². The van der Waals surface area contributed by atoms with Gasteiger partial charge in [0, 0.05) is 6.07 Å². The van der Waals surface area contributed by atoms with Gasteiger partial charge >= 0.3 is 0 Å². The summed E-state index contributed by atoms with van der Waals surface area (Å²) in [6.45, 7) is 0. The van der Waals surface area contributed by atoms with Crippen molar-refractivity contribution in [3.63, 3.8) is 0 Å². The van der Waals surface area contributed by atoms with Crippen LogP contribution in [0.15, 0.2) is 36.4 Å². The minimum atomic E-state index is -0.534. The highest BCUT2D eigenvalue weighted by atomic mass is 35.5. The standard InChI is InChI=1S/C14H8Cl2F2N2/c15-7-14-19-12-5-8(17)1-4-13(12)20(14)9-2-3-10(16)11(18)6-9/h1-6H,7H2. The summed E-state index contributed by atoms with van der Waals surface area (Å²) < 4.78 is 28.5. The normalized spacial score (nSPS) is 11.2. The van der Waals surface area contributed by atoms with Crippen LogP contribution in [0.25, 0.3) is 16.7 Å². The van der Waals surface area contributed by atoms with E-state index in [0.717, 1.165) is 0 Å². The van der Waals surface area contributed by atoms with Crippen LogP contribution in [0.1, 0.15) is 5.82 Å². The van der Waals surface area contributed by atoms with Gasteiger partial charge in [-0.3, -0.25) is 4.57 Å². The first-order valence-electron chi connectivity index (χ1n) is 5.78. The number of nitrogens with zero attached hydrogens (tertiary/aromatic N) is 2. The van der Waals surface area contributed by atoms with Gasteiger partial charge < -0.3 is 0 Å². The molecule has 3 aromatic rings. The molecule has 20 heavy (non-hydrogen) atoms. The van der Waals surface area contributed by atoms with Crippen molar-refractivity contribution in [1.29, 1.82) is 0 Å². The molecule has 0 atom stereocenters. The SMILES string of the molecule is Fc1ccc2c(c1)nc(CCl)n2-c1ccc(Cl)c(F)c1. The van der Waals surface area contributed by atoms with Crippen LogP contribution in [-0.2, 0) is 5.88 Å². The Bertz CT molecular complexity index is 799. The lowest BCUT2D eigenvalue weighted by molar-refractivity contribution is 0.626. The Morgan fingerprint density at radius 2 is 1.90 bits per heavy atom. The second-order valence-corrected chi connectivity index (χ2v) is 4.90. The number of benzene rings is 2. The highest BCUT2D eigenvalue weighted by Gasteiger charge is 2.13. The predicted octanol–water partition coefficient (Wildman–Crippen LogP) is 4.70. The lowest BCUT2D eigenvalue weighted by Crippen LogP contribution is -2.00. The Labute approximate surface area is 123 Å². The molecule has 0 spiro atoms. The molecule has 3 rings (SSSR count). The van der Waals surface area contributed by atoms with Crippen molar-refractivity contribution in [1.82, 2.24) is 9.55 Å². The number of hydrogen-bond acceptors (Lipinski definition) is 1. The minimum Gasteiger partial charge on any atom is -0.295 e. The monoisotopic (exact) mass is 312 g/mol. The van der Waals surface area contributed by atoms with Gasteiger partial charge in [-0.1, -0.05) is 11.6 Å². The van der Waals surface area contributed by atoms with Crippen molar-refractivity contribution in [2.45, 2.75) is 5.88 Å². The van der Waals surface area contributed by atoms with Crippen LogP contribution in [0.5, 0.6) is 0 Å². The average Bonchev–Trinajstić information content (AvgIpc) is 2.79. The fourth-order valence-corrected chi connectivity index (χ4v) is 2.40. The summed E-state index contributed by atoms with van der Waals surface area (Å²) in [5.41, 5.74) is 1.66. The third kappa shape index (κ3) is 2.15. The smallest absolute Gasteiger partial charge is 0.143 e. The van der Waals surface area contributed by atoms with E-state index in [0.29, 0.717) is 22.5 Å². The number of fused-ring (bicyclic) bond motifs is 1. The van der Waals surface area contributed by atoms with Crippen molar-refractivity contribution >= 4 is 34.2 Å². The zero-order chi connectivity index (χ0) is 14.3. The number of alkyl halides is 1. The molecule has 0 saturated carbocycles. The molecule has 0 radical (unpaired) electrons. The molecule has 2 nitrogen and oxygen atoms in total. The van der Waals surface area contributed by atoms with Crippen LogP contribution in [0.3, 0.4) is 0 Å². The van der Waals surface area contributed by atoms with E-state index in [1.165, 1.54) is 24.3 Å². The Hall–Kier alpha value is -1.65. The van der Waals surface area contributed by atoms with Gasteiger partial charge in [0.1, 0.15) is 17.5 Å². The first kappa shape index (κ1) is 13.3. The molecular formula is C14H8Cl2F2N2. The zero-order valence-electron chi connectivity index (χ0n) is 10.1. The molecule has 102 valence electrons. The maximum absolute atomic E-state index is 13.6. The third-order valence-electron chi connectivity index (χ3n) is 2.97. The van der Waals surface area contributed by atoms with Crippen molar-refractivity contribution in [3.8, 4) is 5.69 Å². The second kappa shape index (κ2) is 5.04. The Morgan fingerprint density at radius 3 is 2.60 bits per heavy atom. The quantitative estimate of drug-likeness (QED) is 0.627. The van der Waals surface area contributed by atoms with Gasteiger partial charge in [0.05, 0.1) is 27.6 Å². The lowest BCUT2D eigenvalue weighted by Gasteiger charge is -2.08. The maximum Gasteiger partial charge on any atom is 0.143 e. The van der Waals surface area contributed by atoms with E-state index in [1.807, 2.05) is 0 Å². The molecule has 6 heteroatoms. The molecule has 0 amide bonds. The summed E-state index contributed by atoms with van der Waals surface area (Å²) in [6, 6.07) is 8.63. The lowest BCUT2D eigenvalue weighted by atomic mass is 10.2. The van der Waals surface area contributed by atoms with Crippen molar-refractivity contribution in [2.24, 2.45) is 0 Å². The third-order valence-corrected chi connectivity index (χ3v) is 3.51. The number of hydrogen-bond donors (Lipinski definition) is 0. The largest absolute Gasteiger partial charge is 0.295 e. The van der Waals surface area contributed by atoms with Crippen LogP contribution in [0.2, 0.25) is 5.02 Å². The van der Waals surface area contributed by atoms with Gasteiger partial charge in [0.2, 0.25) is 0 Å². The van der Waals surface area contributed by atoms with Crippen molar-refractivity contribution in [2.75, 3.05) is 0 Å². The van der Waals surface area contributed by atoms with Gasteiger partial charge in [-0.2, -0.15) is 0 Å². The minimum absolute atomic E-state index is 0.0386. The Balaban J connectivity index is 2.30. The van der Waals surface area contributed by atoms with E-state index in [1.54, 1.807) is 16.7 Å². The highest BCUT2D eigenvalue weighted by Crippen LogP contribution is 2.25. The van der Waals surface area contributed by atoms with E-state index in [2.05, 4.69) is 4.98 Å². The summed E-state index contributed by atoms with van der Waals surface area (Å²) >= 11 is 11.5. The van der Waals surface area contributed by atoms with E-state index in [-0.39, 0.29) is 16.7 Å². The molecule has 0 bridgehead atoms. The van der Waals surface area contributed by atoms with Gasteiger partial charge in [0.15, 0.2) is 0 Å². The maximum atomic E-state index is 13.6. The molecule has 0 aliphatic carbocycles. The van der Waals surface area contributed by atoms with Crippen molar-refractivity contribution in [3.05, 3.63) is 58.9 Å². The number of rotatable bonds is 2. The average molecular weight is 313 g/mol. The molecule has 1 heterocycles. The number of aromatic nitrogens is 2. The van der Waals surface area contributed by atoms with E-state index < -0.39 is 5.82 Å². The summed E-state index contributed by atoms with van der Waals surface area (Å²) in [6.07, 6.45) is 0. The fraction of sp³-hybridized carbons (Fsp3) is 0.0714. The topological polar surface area (TPSA) is 17.8 Å². The second-order valence-electron chi connectivity index (χ2n) is 4.23. The number of imidazole rings is 1. The molecule has 1 aromatic heterocycles. The van der Waals surface area contributed by atoms with Crippen molar-refractivity contribution < 1.29 is 8.78 Å². The van der Waals surface area contributed by atoms with E-state index in [4.69, 9.17) is 23.2 Å². The molecular weight excluding hydrogens is 305 g/mol. The molecule has 0 aliphatic rings. The van der Waals surface area contributed by atoms with Crippen LogP contribution < -0.4 is 0 Å². The summed E-state index contributed by atoms with van der Waals surface area (Å²) in [7, 11) is 0. The first-order valence-corrected chi connectivity index (χ1v) is 6.69. The van der Waals surface area contributed by atoms with Gasteiger partial charge in [-0.05, 0) is 30.3 Å². The Morgan fingerprint density at radius 1 is 1.10 bits per heavy atom. The van der Waals surface area contributed by atoms with E-state index >= 15 is 0 Å². The molecule has 0 unspecified atom stereocenters. The molecule has 0 fully saturated rings. The van der Waals surface area contributed by atoms with E-state index in [9.17, 15) is 8.78 Å². The highest BCUT2D eigenvalue weighted by molar-refractivity contribution is 6.30. The van der Waals surface area contributed by atoms with Gasteiger partial charge in [-0.15, -0.1) is 11.6 Å². The molecule has 0 saturated heterocycles. The van der Waals surface area contributed by atoms with Gasteiger partial charge in [-0.25, -0.2) is 13.8 Å². The number of halogens is 4. The summed E-state index contributed by atoms with van der Waals surface area (Å²) in [5.74, 6) is -0.284.